The number of carbonyl (C=O) groups excluding carboxylic acids is 1. The van der Waals surface area contributed by atoms with Crippen molar-refractivity contribution in [1.82, 2.24) is 14.9 Å². The molecule has 1 saturated heterocycles. The van der Waals surface area contributed by atoms with Crippen LogP contribution >= 0.6 is 0 Å². The van der Waals surface area contributed by atoms with Crippen molar-refractivity contribution in [3.05, 3.63) is 65.7 Å². The van der Waals surface area contributed by atoms with Crippen LogP contribution in [0.15, 0.2) is 48.5 Å². The largest absolute Gasteiger partial charge is 0.407 e. The number of sulfonamides is 1. The van der Waals surface area contributed by atoms with E-state index in [1.165, 1.54) is 12.1 Å². The Morgan fingerprint density at radius 2 is 1.51 bits per heavy atom. The van der Waals surface area contributed by atoms with E-state index in [4.69, 9.17) is 0 Å². The summed E-state index contributed by atoms with van der Waals surface area (Å²) in [7, 11) is -4.25. The Labute approximate surface area is 222 Å². The summed E-state index contributed by atoms with van der Waals surface area (Å²) >= 11 is 0. The summed E-state index contributed by atoms with van der Waals surface area (Å²) in [6.07, 6.45) is -4.37. The molecule has 1 saturated carbocycles. The number of nitrogens with zero attached hydrogens (tertiary/aromatic N) is 3. The zero-order chi connectivity index (χ0) is 28.4. The number of alkyl halides is 3. The summed E-state index contributed by atoms with van der Waals surface area (Å²) in [6, 6.07) is 6.68. The maximum absolute atomic E-state index is 14.0. The molecule has 2 aliphatic rings. The van der Waals surface area contributed by atoms with Crippen molar-refractivity contribution in [3.63, 3.8) is 0 Å². The second-order valence-corrected chi connectivity index (χ2v) is 11.6. The summed E-state index contributed by atoms with van der Waals surface area (Å²) in [6.45, 7) is 0.481. The molecule has 1 heterocycles. The minimum Gasteiger partial charge on any atom is -0.369 e. The molecule has 0 unspecified atom stereocenters. The van der Waals surface area contributed by atoms with E-state index in [9.17, 15) is 40.4 Å². The third-order valence-electron chi connectivity index (χ3n) is 6.74. The molecule has 39 heavy (non-hydrogen) atoms. The molecule has 8 nitrogen and oxygen atoms in total. The first-order chi connectivity index (χ1) is 18.3. The lowest BCUT2D eigenvalue weighted by molar-refractivity contribution is -0.160. The Balaban J connectivity index is 1.53. The lowest BCUT2D eigenvalue weighted by atomic mass is 10.0. The predicted octanol–water partition coefficient (Wildman–Crippen LogP) is 2.85. The van der Waals surface area contributed by atoms with Gasteiger partial charge >= 0.3 is 6.18 Å². The topological polar surface area (TPSA) is 106 Å². The number of rotatable bonds is 9. The Hall–Kier alpha value is -3.28. The standard InChI is InChI=1S/C25H26F5N5O3S/c26-18-3-1-17(2-4-18)22(25(28,29)30)32-21(23(36)33-24(16-31)9-10-24)15-39(37,38)35-13-11-34(12-14-35)20-7-5-19(27)6-8-20/h1-8,21-22,32H,9-15H2,(H,33,36)/t21-,22-/m0/s1. The number of benzene rings is 2. The van der Waals surface area contributed by atoms with Gasteiger partial charge in [-0.1, -0.05) is 12.1 Å². The van der Waals surface area contributed by atoms with E-state index in [1.807, 2.05) is 11.0 Å². The molecule has 2 N–H and O–H groups in total. The minimum atomic E-state index is -4.95. The highest BCUT2D eigenvalue weighted by Gasteiger charge is 2.48. The minimum absolute atomic E-state index is 0.00313. The molecule has 1 amide bonds. The average molecular weight is 572 g/mol. The zero-order valence-corrected chi connectivity index (χ0v) is 21.4. The number of nitrogens with one attached hydrogen (secondary N) is 2. The number of nitriles is 1. The third kappa shape index (κ3) is 7.03. The molecule has 2 atom stereocenters. The molecule has 1 aliphatic carbocycles. The molecule has 0 radical (unpaired) electrons. The van der Waals surface area contributed by atoms with E-state index in [-0.39, 0.29) is 26.2 Å². The van der Waals surface area contributed by atoms with Gasteiger partial charge in [-0.05, 0) is 54.8 Å². The lowest BCUT2D eigenvalue weighted by Crippen LogP contribution is -2.57. The van der Waals surface area contributed by atoms with Gasteiger partial charge < -0.3 is 10.2 Å². The van der Waals surface area contributed by atoms with Gasteiger partial charge in [0.1, 0.15) is 29.3 Å². The van der Waals surface area contributed by atoms with Crippen LogP contribution in [0.2, 0.25) is 0 Å². The van der Waals surface area contributed by atoms with Gasteiger partial charge in [-0.15, -0.1) is 0 Å². The summed E-state index contributed by atoms with van der Waals surface area (Å²) in [5.41, 5.74) is -0.968. The lowest BCUT2D eigenvalue weighted by Gasteiger charge is -2.36. The molecular formula is C25H26F5N5O3S. The molecule has 2 fully saturated rings. The van der Waals surface area contributed by atoms with E-state index >= 15 is 0 Å². The van der Waals surface area contributed by atoms with Gasteiger partial charge in [0, 0.05) is 31.9 Å². The van der Waals surface area contributed by atoms with Crippen molar-refractivity contribution >= 4 is 21.6 Å². The normalized spacial score (nSPS) is 19.1. The smallest absolute Gasteiger partial charge is 0.369 e. The number of anilines is 1. The fourth-order valence-electron chi connectivity index (χ4n) is 4.34. The molecule has 210 valence electrons. The Bertz CT molecular complexity index is 1320. The van der Waals surface area contributed by atoms with Crippen LogP contribution in [0.1, 0.15) is 24.4 Å². The maximum Gasteiger partial charge on any atom is 0.407 e. The van der Waals surface area contributed by atoms with Crippen molar-refractivity contribution in [3.8, 4) is 6.07 Å². The Morgan fingerprint density at radius 1 is 0.974 bits per heavy atom. The molecule has 0 spiro atoms. The van der Waals surface area contributed by atoms with E-state index in [0.29, 0.717) is 18.5 Å². The molecule has 2 aromatic rings. The first-order valence-electron chi connectivity index (χ1n) is 12.1. The third-order valence-corrected chi connectivity index (χ3v) is 8.65. The van der Waals surface area contributed by atoms with Gasteiger partial charge in [0.2, 0.25) is 15.9 Å². The molecule has 2 aromatic carbocycles. The number of hydrogen-bond donors (Lipinski definition) is 2. The van der Waals surface area contributed by atoms with Crippen LogP contribution in [0.4, 0.5) is 27.6 Å². The van der Waals surface area contributed by atoms with Gasteiger partial charge in [-0.25, -0.2) is 17.2 Å². The van der Waals surface area contributed by atoms with E-state index in [0.717, 1.165) is 28.6 Å². The quantitative estimate of drug-likeness (QED) is 0.449. The summed E-state index contributed by atoms with van der Waals surface area (Å²) in [5.74, 6) is -3.23. The van der Waals surface area contributed by atoms with Crippen molar-refractivity contribution in [2.75, 3.05) is 36.8 Å². The average Bonchev–Trinajstić information content (AvgIpc) is 3.67. The highest BCUT2D eigenvalue weighted by molar-refractivity contribution is 7.89. The van der Waals surface area contributed by atoms with Gasteiger partial charge in [0.15, 0.2) is 0 Å². The van der Waals surface area contributed by atoms with Crippen LogP contribution in [-0.4, -0.2) is 68.3 Å². The van der Waals surface area contributed by atoms with Crippen molar-refractivity contribution in [2.45, 2.75) is 36.6 Å². The van der Waals surface area contributed by atoms with Crippen molar-refractivity contribution in [2.24, 2.45) is 0 Å². The maximum atomic E-state index is 14.0. The number of hydrogen-bond acceptors (Lipinski definition) is 6. The number of carbonyl (C=O) groups is 1. The van der Waals surface area contributed by atoms with E-state index in [2.05, 4.69) is 10.6 Å². The van der Waals surface area contributed by atoms with Crippen molar-refractivity contribution in [1.29, 1.82) is 5.26 Å². The van der Waals surface area contributed by atoms with Gasteiger partial charge in [-0.2, -0.15) is 22.7 Å². The summed E-state index contributed by atoms with van der Waals surface area (Å²) < 4.78 is 96.4. The number of halogens is 5. The molecule has 1 aliphatic heterocycles. The van der Waals surface area contributed by atoms with Crippen LogP contribution < -0.4 is 15.5 Å². The van der Waals surface area contributed by atoms with Crippen LogP contribution in [0.3, 0.4) is 0 Å². The number of piperazine rings is 1. The highest BCUT2D eigenvalue weighted by atomic mass is 32.2. The summed E-state index contributed by atoms with van der Waals surface area (Å²) in [5, 5.41) is 13.8. The van der Waals surface area contributed by atoms with Gasteiger partial charge in [-0.3, -0.25) is 10.1 Å². The SMILES string of the molecule is N#CC1(NC(=O)[C@H](CS(=O)(=O)N2CCN(c3ccc(F)cc3)CC2)N[C@@H](c2ccc(F)cc2)C(F)(F)F)CC1. The van der Waals surface area contributed by atoms with Crippen LogP contribution in [0, 0.1) is 23.0 Å². The first kappa shape index (κ1) is 28.7. The van der Waals surface area contributed by atoms with Crippen LogP contribution in [-0.2, 0) is 14.8 Å². The monoisotopic (exact) mass is 571 g/mol. The van der Waals surface area contributed by atoms with E-state index in [1.54, 1.807) is 12.1 Å². The van der Waals surface area contributed by atoms with Gasteiger partial charge in [0.05, 0.1) is 11.8 Å². The van der Waals surface area contributed by atoms with Crippen LogP contribution in [0.5, 0.6) is 0 Å². The van der Waals surface area contributed by atoms with Gasteiger partial charge in [0.25, 0.3) is 0 Å². The highest BCUT2D eigenvalue weighted by Crippen LogP contribution is 2.36. The fraction of sp³-hybridized carbons (Fsp3) is 0.440. The molecule has 0 aromatic heterocycles. The molecule has 0 bridgehead atoms. The molecule has 14 heteroatoms. The first-order valence-corrected chi connectivity index (χ1v) is 13.7. The van der Waals surface area contributed by atoms with Crippen LogP contribution in [0.25, 0.3) is 0 Å². The fourth-order valence-corrected chi connectivity index (χ4v) is 5.94. The Morgan fingerprint density at radius 3 is 2.00 bits per heavy atom. The van der Waals surface area contributed by atoms with E-state index < -0.39 is 62.7 Å². The predicted molar refractivity (Wildman–Crippen MR) is 132 cm³/mol. The summed E-state index contributed by atoms with van der Waals surface area (Å²) in [4.78, 5) is 14.9. The molecule has 4 rings (SSSR count). The number of amides is 1. The second kappa shape index (κ2) is 11.1. The Kier molecular flexibility index (Phi) is 8.15. The molecular weight excluding hydrogens is 545 g/mol. The van der Waals surface area contributed by atoms with Crippen molar-refractivity contribution < 1.29 is 35.2 Å². The zero-order valence-electron chi connectivity index (χ0n) is 20.6. The second-order valence-electron chi connectivity index (χ2n) is 9.57.